The summed E-state index contributed by atoms with van der Waals surface area (Å²) in [5, 5.41) is 0.230. The Morgan fingerprint density at radius 2 is 2.00 bits per heavy atom. The molecule has 23 heavy (non-hydrogen) atoms. The predicted molar refractivity (Wildman–Crippen MR) is 98.6 cm³/mol. The van der Waals surface area contributed by atoms with Crippen molar-refractivity contribution < 1.29 is 13.4 Å². The molecule has 0 N–H and O–H groups in total. The molecule has 0 saturated heterocycles. The van der Waals surface area contributed by atoms with E-state index < -0.39 is 8.32 Å². The molecule has 4 nitrogen and oxygen atoms in total. The summed E-state index contributed by atoms with van der Waals surface area (Å²) in [4.78, 5) is 15.8. The first-order valence-corrected chi connectivity index (χ1v) is 11.9. The van der Waals surface area contributed by atoms with Gasteiger partial charge in [0, 0.05) is 19.2 Å². The van der Waals surface area contributed by atoms with Gasteiger partial charge in [-0.1, -0.05) is 26.8 Å². The normalized spacial score (nSPS) is 12.2. The Balaban J connectivity index is 2.08. The molecular weight excluding hydrogens is 326 g/mol. The standard InChI is InChI=1S/C17H29NO3SSi/c1-17(2,3)23(4,5)20-13-9-7-11-16(19)21-22-14-15-10-6-8-12-18-15/h6,8,10,12H,7,9,11,13-14H2,1-5H3. The zero-order chi connectivity index (χ0) is 17.3. The number of hydrogen-bond donors (Lipinski definition) is 0. The van der Waals surface area contributed by atoms with E-state index in [1.54, 1.807) is 6.20 Å². The number of rotatable bonds is 9. The number of unbranched alkanes of at least 4 members (excludes halogenated alkanes) is 1. The van der Waals surface area contributed by atoms with E-state index in [9.17, 15) is 4.79 Å². The van der Waals surface area contributed by atoms with Crippen LogP contribution in [-0.2, 0) is 19.2 Å². The Hall–Kier alpha value is -0.853. The third-order valence-corrected chi connectivity index (χ3v) is 9.38. The van der Waals surface area contributed by atoms with Gasteiger partial charge >= 0.3 is 5.97 Å². The summed E-state index contributed by atoms with van der Waals surface area (Å²) < 4.78 is 11.2. The van der Waals surface area contributed by atoms with Gasteiger partial charge in [-0.05, 0) is 43.1 Å². The second-order valence-electron chi connectivity index (χ2n) is 7.10. The number of carbonyl (C=O) groups excluding carboxylic acids is 1. The topological polar surface area (TPSA) is 48.4 Å². The monoisotopic (exact) mass is 355 g/mol. The molecule has 0 atom stereocenters. The summed E-state index contributed by atoms with van der Waals surface area (Å²) in [7, 11) is -1.67. The van der Waals surface area contributed by atoms with Gasteiger partial charge in [-0.15, -0.1) is 0 Å². The van der Waals surface area contributed by atoms with Crippen LogP contribution in [0.3, 0.4) is 0 Å². The Morgan fingerprint density at radius 3 is 2.61 bits per heavy atom. The first kappa shape index (κ1) is 20.2. The van der Waals surface area contributed by atoms with Crippen LogP contribution < -0.4 is 0 Å². The Morgan fingerprint density at radius 1 is 1.26 bits per heavy atom. The van der Waals surface area contributed by atoms with Crippen LogP contribution in [0.15, 0.2) is 24.4 Å². The molecule has 0 spiro atoms. The lowest BCUT2D eigenvalue weighted by molar-refractivity contribution is -0.133. The van der Waals surface area contributed by atoms with Gasteiger partial charge in [0.2, 0.25) is 0 Å². The van der Waals surface area contributed by atoms with Crippen molar-refractivity contribution in [1.29, 1.82) is 0 Å². The van der Waals surface area contributed by atoms with Gasteiger partial charge in [0.15, 0.2) is 8.32 Å². The molecule has 0 bridgehead atoms. The zero-order valence-electron chi connectivity index (χ0n) is 14.9. The molecule has 130 valence electrons. The minimum absolute atomic E-state index is 0.168. The zero-order valence-corrected chi connectivity index (χ0v) is 16.7. The maximum atomic E-state index is 11.7. The van der Waals surface area contributed by atoms with Gasteiger partial charge in [0.05, 0.1) is 23.5 Å². The van der Waals surface area contributed by atoms with E-state index in [1.807, 2.05) is 18.2 Å². The van der Waals surface area contributed by atoms with E-state index in [4.69, 9.17) is 8.61 Å². The molecule has 0 aliphatic rings. The highest BCUT2D eigenvalue weighted by Crippen LogP contribution is 2.36. The Labute approximate surface area is 145 Å². The van der Waals surface area contributed by atoms with E-state index >= 15 is 0 Å². The lowest BCUT2D eigenvalue weighted by atomic mass is 10.2. The van der Waals surface area contributed by atoms with Gasteiger partial charge in [0.25, 0.3) is 0 Å². The maximum Gasteiger partial charge on any atom is 0.317 e. The van der Waals surface area contributed by atoms with Crippen LogP contribution in [0.2, 0.25) is 18.1 Å². The van der Waals surface area contributed by atoms with E-state index in [1.165, 1.54) is 0 Å². The van der Waals surface area contributed by atoms with Gasteiger partial charge in [-0.25, -0.2) is 0 Å². The highest BCUT2D eigenvalue weighted by molar-refractivity contribution is 7.94. The predicted octanol–water partition coefficient (Wildman–Crippen LogP) is 4.97. The Kier molecular flexibility index (Phi) is 8.29. The molecule has 0 aliphatic carbocycles. The molecular formula is C17H29NO3SSi. The van der Waals surface area contributed by atoms with Crippen LogP contribution in [0.1, 0.15) is 45.7 Å². The van der Waals surface area contributed by atoms with Crippen LogP contribution in [0, 0.1) is 0 Å². The van der Waals surface area contributed by atoms with Gasteiger partial charge in [-0.2, -0.15) is 0 Å². The summed E-state index contributed by atoms with van der Waals surface area (Å²) in [5.41, 5.74) is 0.910. The van der Waals surface area contributed by atoms with Gasteiger partial charge in [0.1, 0.15) is 0 Å². The quantitative estimate of drug-likeness (QED) is 0.356. The molecule has 1 heterocycles. The second kappa shape index (κ2) is 9.44. The fraction of sp³-hybridized carbons (Fsp3) is 0.647. The molecule has 1 aromatic heterocycles. The molecule has 0 amide bonds. The molecule has 0 unspecified atom stereocenters. The molecule has 0 aromatic carbocycles. The molecule has 0 radical (unpaired) electrons. The largest absolute Gasteiger partial charge is 0.417 e. The van der Waals surface area contributed by atoms with Gasteiger partial charge in [-0.3, -0.25) is 9.78 Å². The van der Waals surface area contributed by atoms with Crippen molar-refractivity contribution in [2.24, 2.45) is 0 Å². The molecule has 1 rings (SSSR count). The maximum absolute atomic E-state index is 11.7. The summed E-state index contributed by atoms with van der Waals surface area (Å²) in [6, 6.07) is 5.71. The highest BCUT2D eigenvalue weighted by atomic mass is 32.2. The lowest BCUT2D eigenvalue weighted by Crippen LogP contribution is -2.40. The van der Waals surface area contributed by atoms with Crippen molar-refractivity contribution in [3.63, 3.8) is 0 Å². The van der Waals surface area contributed by atoms with E-state index in [-0.39, 0.29) is 11.0 Å². The number of hydrogen-bond acceptors (Lipinski definition) is 5. The van der Waals surface area contributed by atoms with Crippen molar-refractivity contribution in [2.75, 3.05) is 6.61 Å². The van der Waals surface area contributed by atoms with Crippen molar-refractivity contribution >= 4 is 26.3 Å². The summed E-state index contributed by atoms with van der Waals surface area (Å²) in [6.07, 6.45) is 3.88. The third-order valence-electron chi connectivity index (χ3n) is 4.13. The van der Waals surface area contributed by atoms with Crippen LogP contribution in [0.25, 0.3) is 0 Å². The van der Waals surface area contributed by atoms with E-state index in [2.05, 4.69) is 38.8 Å². The fourth-order valence-electron chi connectivity index (χ4n) is 1.60. The number of carbonyl (C=O) groups is 1. The van der Waals surface area contributed by atoms with Crippen molar-refractivity contribution in [3.8, 4) is 0 Å². The van der Waals surface area contributed by atoms with Crippen LogP contribution in [0.4, 0.5) is 0 Å². The average molecular weight is 356 g/mol. The lowest BCUT2D eigenvalue weighted by Gasteiger charge is -2.36. The average Bonchev–Trinajstić information content (AvgIpc) is 2.46. The van der Waals surface area contributed by atoms with Crippen LogP contribution in [-0.4, -0.2) is 25.9 Å². The molecule has 1 aromatic rings. The number of aromatic nitrogens is 1. The minimum Gasteiger partial charge on any atom is -0.417 e. The summed E-state index contributed by atoms with van der Waals surface area (Å²) in [5.74, 6) is 0.416. The molecule has 0 fully saturated rings. The van der Waals surface area contributed by atoms with Crippen molar-refractivity contribution in [2.45, 2.75) is 63.9 Å². The Bertz CT molecular complexity index is 474. The van der Waals surface area contributed by atoms with E-state index in [0.29, 0.717) is 12.2 Å². The fourth-order valence-corrected chi connectivity index (χ4v) is 3.25. The number of nitrogens with zero attached hydrogens (tertiary/aromatic N) is 1. The third kappa shape index (κ3) is 7.99. The molecule has 0 saturated carbocycles. The molecule has 0 aliphatic heterocycles. The van der Waals surface area contributed by atoms with Crippen LogP contribution >= 0.6 is 12.0 Å². The summed E-state index contributed by atoms with van der Waals surface area (Å²) >= 11 is 1.15. The highest BCUT2D eigenvalue weighted by Gasteiger charge is 2.36. The SMILES string of the molecule is CC(C)(C)[Si](C)(C)OCCCCC(=O)OSCc1ccccn1. The van der Waals surface area contributed by atoms with Crippen molar-refractivity contribution in [3.05, 3.63) is 30.1 Å². The minimum atomic E-state index is -1.67. The van der Waals surface area contributed by atoms with Gasteiger partial charge < -0.3 is 8.61 Å². The number of pyridine rings is 1. The van der Waals surface area contributed by atoms with Crippen molar-refractivity contribution in [1.82, 2.24) is 4.98 Å². The summed E-state index contributed by atoms with van der Waals surface area (Å²) in [6.45, 7) is 11.9. The first-order chi connectivity index (χ1) is 10.7. The smallest absolute Gasteiger partial charge is 0.317 e. The van der Waals surface area contributed by atoms with E-state index in [0.717, 1.165) is 37.2 Å². The first-order valence-electron chi connectivity index (χ1n) is 8.08. The molecule has 6 heteroatoms. The second-order valence-corrected chi connectivity index (χ2v) is 12.6. The van der Waals surface area contributed by atoms with Crippen LogP contribution in [0.5, 0.6) is 0 Å².